The van der Waals surface area contributed by atoms with Crippen molar-refractivity contribution in [1.82, 2.24) is 0 Å². The highest BCUT2D eigenvalue weighted by Gasteiger charge is 2.16. The van der Waals surface area contributed by atoms with Gasteiger partial charge in [-0.3, -0.25) is 4.99 Å². The van der Waals surface area contributed by atoms with Crippen molar-refractivity contribution in [1.29, 1.82) is 0 Å². The van der Waals surface area contributed by atoms with Gasteiger partial charge >= 0.3 is 0 Å². The van der Waals surface area contributed by atoms with Crippen LogP contribution in [0.4, 0.5) is 0 Å². The molecule has 0 amide bonds. The van der Waals surface area contributed by atoms with E-state index in [0.717, 1.165) is 23.1 Å². The minimum absolute atomic E-state index is 0.538. The number of aliphatic imine (C=N–C) groups is 1. The van der Waals surface area contributed by atoms with Gasteiger partial charge in [0, 0.05) is 23.8 Å². The fourth-order valence-corrected chi connectivity index (χ4v) is 3.39. The molecule has 94 valence electrons. The van der Waals surface area contributed by atoms with E-state index < -0.39 is 0 Å². The molecular formula is C13H19ClN2S. The number of halogens is 1. The smallest absolute Gasteiger partial charge is 0.0968 e. The maximum absolute atomic E-state index is 6.05. The Morgan fingerprint density at radius 1 is 1.35 bits per heavy atom. The number of amidine groups is 1. The molecule has 0 saturated heterocycles. The second kappa shape index (κ2) is 6.41. The van der Waals surface area contributed by atoms with Gasteiger partial charge in [0.1, 0.15) is 0 Å². The third kappa shape index (κ3) is 4.00. The third-order valence-electron chi connectivity index (χ3n) is 3.30. The molecule has 17 heavy (non-hydrogen) atoms. The summed E-state index contributed by atoms with van der Waals surface area (Å²) >= 11 is 7.51. The first-order valence-corrected chi connectivity index (χ1v) is 7.49. The van der Waals surface area contributed by atoms with Gasteiger partial charge in [-0.1, -0.05) is 30.9 Å². The lowest BCUT2D eigenvalue weighted by atomic mass is 9.88. The van der Waals surface area contributed by atoms with Crippen LogP contribution in [-0.2, 0) is 6.42 Å². The Bertz CT molecular complexity index is 381. The number of thiophene rings is 1. The fraction of sp³-hybridized carbons (Fsp3) is 0.615. The van der Waals surface area contributed by atoms with E-state index in [1.54, 1.807) is 11.3 Å². The molecule has 0 spiro atoms. The fourth-order valence-electron chi connectivity index (χ4n) is 2.31. The van der Waals surface area contributed by atoms with E-state index in [9.17, 15) is 0 Å². The van der Waals surface area contributed by atoms with Crippen LogP contribution in [0.25, 0.3) is 0 Å². The van der Waals surface area contributed by atoms with Crippen LogP contribution in [0.2, 0.25) is 4.34 Å². The van der Waals surface area contributed by atoms with E-state index in [0.29, 0.717) is 5.92 Å². The van der Waals surface area contributed by atoms with Crippen molar-refractivity contribution >= 4 is 28.8 Å². The number of nitrogens with two attached hydrogens (primary N) is 1. The summed E-state index contributed by atoms with van der Waals surface area (Å²) in [6.07, 6.45) is 7.37. The van der Waals surface area contributed by atoms with Crippen LogP contribution < -0.4 is 5.73 Å². The molecule has 1 heterocycles. The monoisotopic (exact) mass is 270 g/mol. The first-order chi connectivity index (χ1) is 8.25. The topological polar surface area (TPSA) is 38.4 Å². The number of hydrogen-bond donors (Lipinski definition) is 1. The van der Waals surface area contributed by atoms with Gasteiger partial charge in [-0.15, -0.1) is 11.3 Å². The Morgan fingerprint density at radius 3 is 2.76 bits per heavy atom. The van der Waals surface area contributed by atoms with Gasteiger partial charge in [0.15, 0.2) is 0 Å². The van der Waals surface area contributed by atoms with Crippen LogP contribution in [0.15, 0.2) is 17.1 Å². The Labute approximate surface area is 112 Å². The van der Waals surface area contributed by atoms with Crippen molar-refractivity contribution in [2.45, 2.75) is 38.5 Å². The predicted molar refractivity (Wildman–Crippen MR) is 76.1 cm³/mol. The summed E-state index contributed by atoms with van der Waals surface area (Å²) in [6, 6.07) is 4.01. The quantitative estimate of drug-likeness (QED) is 0.654. The van der Waals surface area contributed by atoms with Gasteiger partial charge in [-0.05, 0) is 25.0 Å². The van der Waals surface area contributed by atoms with Gasteiger partial charge in [0.2, 0.25) is 0 Å². The molecule has 0 bridgehead atoms. The molecule has 1 aromatic heterocycles. The molecule has 0 aliphatic heterocycles. The number of nitrogens with zero attached hydrogens (tertiary/aromatic N) is 1. The highest BCUT2D eigenvalue weighted by Crippen LogP contribution is 2.24. The molecule has 1 saturated carbocycles. The van der Waals surface area contributed by atoms with Crippen molar-refractivity contribution in [3.8, 4) is 0 Å². The average molecular weight is 271 g/mol. The van der Waals surface area contributed by atoms with Crippen LogP contribution in [0.3, 0.4) is 0 Å². The van der Waals surface area contributed by atoms with Crippen LogP contribution in [-0.4, -0.2) is 12.4 Å². The lowest BCUT2D eigenvalue weighted by molar-refractivity contribution is 0.436. The summed E-state index contributed by atoms with van der Waals surface area (Å²) in [5.74, 6) is 1.41. The van der Waals surface area contributed by atoms with E-state index in [1.165, 1.54) is 37.0 Å². The molecule has 2 N–H and O–H groups in total. The molecule has 0 aromatic carbocycles. The Kier molecular flexibility index (Phi) is 4.86. The summed E-state index contributed by atoms with van der Waals surface area (Å²) in [6.45, 7) is 0.791. The predicted octanol–water partition coefficient (Wildman–Crippen LogP) is 3.88. The van der Waals surface area contributed by atoms with Crippen LogP contribution in [0.1, 0.15) is 37.0 Å². The van der Waals surface area contributed by atoms with Crippen LogP contribution in [0.5, 0.6) is 0 Å². The molecule has 0 unspecified atom stereocenters. The number of hydrogen-bond acceptors (Lipinski definition) is 2. The van der Waals surface area contributed by atoms with E-state index in [1.807, 2.05) is 6.07 Å². The second-order valence-corrected chi connectivity index (χ2v) is 6.40. The maximum atomic E-state index is 6.05. The van der Waals surface area contributed by atoms with Gasteiger partial charge < -0.3 is 5.73 Å². The molecule has 0 atom stereocenters. The van der Waals surface area contributed by atoms with E-state index in [4.69, 9.17) is 17.3 Å². The first-order valence-electron chi connectivity index (χ1n) is 6.30. The molecule has 0 radical (unpaired) electrons. The lowest BCUT2D eigenvalue weighted by Crippen LogP contribution is -2.26. The zero-order chi connectivity index (χ0) is 12.1. The highest BCUT2D eigenvalue weighted by molar-refractivity contribution is 7.16. The zero-order valence-electron chi connectivity index (χ0n) is 9.99. The Hall–Kier alpha value is -0.540. The summed E-state index contributed by atoms with van der Waals surface area (Å²) < 4.78 is 0.851. The molecule has 1 aliphatic carbocycles. The van der Waals surface area contributed by atoms with Crippen molar-refractivity contribution in [3.63, 3.8) is 0 Å². The number of rotatable bonds is 4. The zero-order valence-corrected chi connectivity index (χ0v) is 11.6. The molecule has 2 nitrogen and oxygen atoms in total. The van der Waals surface area contributed by atoms with E-state index in [2.05, 4.69) is 11.1 Å². The van der Waals surface area contributed by atoms with Gasteiger partial charge in [0.05, 0.1) is 10.2 Å². The SMILES string of the molecule is NC(=NCCc1ccc(Cl)s1)C1CCCCC1. The molecule has 4 heteroatoms. The van der Waals surface area contributed by atoms with Gasteiger partial charge in [-0.2, -0.15) is 0 Å². The standard InChI is InChI=1S/C13H19ClN2S/c14-12-7-6-11(17-12)8-9-16-13(15)10-4-2-1-3-5-10/h6-7,10H,1-5,8-9H2,(H2,15,16). The minimum atomic E-state index is 0.538. The maximum Gasteiger partial charge on any atom is 0.0968 e. The molecule has 1 fully saturated rings. The lowest BCUT2D eigenvalue weighted by Gasteiger charge is -2.20. The van der Waals surface area contributed by atoms with Crippen molar-refractivity contribution < 1.29 is 0 Å². The first kappa shape index (κ1) is 12.9. The van der Waals surface area contributed by atoms with Crippen LogP contribution in [0, 0.1) is 5.92 Å². The molecule has 1 aromatic rings. The normalized spacial score (nSPS) is 18.5. The molecular weight excluding hydrogens is 252 g/mol. The van der Waals surface area contributed by atoms with Gasteiger partial charge in [-0.25, -0.2) is 0 Å². The molecule has 1 aliphatic rings. The van der Waals surface area contributed by atoms with Crippen molar-refractivity contribution in [2.24, 2.45) is 16.6 Å². The molecule has 2 rings (SSSR count). The second-order valence-electron chi connectivity index (χ2n) is 4.60. The largest absolute Gasteiger partial charge is 0.387 e. The summed E-state index contributed by atoms with van der Waals surface area (Å²) in [5.41, 5.74) is 6.05. The summed E-state index contributed by atoms with van der Waals surface area (Å²) in [7, 11) is 0. The van der Waals surface area contributed by atoms with Crippen molar-refractivity contribution in [3.05, 3.63) is 21.3 Å². The summed E-state index contributed by atoms with van der Waals surface area (Å²) in [4.78, 5) is 5.80. The Balaban J connectivity index is 1.79. The minimum Gasteiger partial charge on any atom is -0.387 e. The van der Waals surface area contributed by atoms with Crippen LogP contribution >= 0.6 is 22.9 Å². The summed E-state index contributed by atoms with van der Waals surface area (Å²) in [5, 5.41) is 0. The van der Waals surface area contributed by atoms with E-state index >= 15 is 0 Å². The van der Waals surface area contributed by atoms with Gasteiger partial charge in [0.25, 0.3) is 0 Å². The third-order valence-corrected chi connectivity index (χ3v) is 4.60. The Morgan fingerprint density at radius 2 is 2.12 bits per heavy atom. The van der Waals surface area contributed by atoms with E-state index in [-0.39, 0.29) is 0 Å². The highest BCUT2D eigenvalue weighted by atomic mass is 35.5. The average Bonchev–Trinajstić information content (AvgIpc) is 2.76. The van der Waals surface area contributed by atoms with Crippen molar-refractivity contribution in [2.75, 3.05) is 6.54 Å².